The predicted molar refractivity (Wildman–Crippen MR) is 83.9 cm³/mol. The number of aliphatic hydroxyl groups excluding tert-OH is 2. The van der Waals surface area contributed by atoms with E-state index in [2.05, 4.69) is 9.88 Å². The van der Waals surface area contributed by atoms with Gasteiger partial charge in [0.1, 0.15) is 11.9 Å². The monoisotopic (exact) mass is 306 g/mol. The molecule has 1 aliphatic carbocycles. The Hall–Kier alpha value is -1.17. The van der Waals surface area contributed by atoms with Crippen molar-refractivity contribution in [3.05, 3.63) is 23.5 Å². The van der Waals surface area contributed by atoms with Gasteiger partial charge in [-0.1, -0.05) is 0 Å². The molecule has 3 rings (SSSR count). The van der Waals surface area contributed by atoms with E-state index in [1.807, 2.05) is 26.0 Å². The molecule has 5 heteroatoms. The summed E-state index contributed by atoms with van der Waals surface area (Å²) in [6.07, 6.45) is 1.09. The molecule has 1 saturated heterocycles. The second-order valence-electron chi connectivity index (χ2n) is 6.73. The zero-order valence-corrected chi connectivity index (χ0v) is 13.4. The third-order valence-corrected chi connectivity index (χ3v) is 5.03. The van der Waals surface area contributed by atoms with Crippen molar-refractivity contribution in [3.8, 4) is 5.75 Å². The van der Waals surface area contributed by atoms with E-state index in [1.54, 1.807) is 0 Å². The minimum Gasteiger partial charge on any atom is -0.486 e. The summed E-state index contributed by atoms with van der Waals surface area (Å²) in [5.41, 5.74) is 1.85. The molecule has 22 heavy (non-hydrogen) atoms. The van der Waals surface area contributed by atoms with Crippen LogP contribution in [-0.4, -0.2) is 58.5 Å². The Morgan fingerprint density at radius 2 is 1.95 bits per heavy atom. The quantitative estimate of drug-likeness (QED) is 0.873. The first-order valence-corrected chi connectivity index (χ1v) is 8.19. The number of fused-ring (bicyclic) bond motifs is 1. The van der Waals surface area contributed by atoms with E-state index in [9.17, 15) is 5.11 Å². The summed E-state index contributed by atoms with van der Waals surface area (Å²) in [5.74, 6) is 1.86. The Labute approximate surface area is 131 Å². The number of β-amino-alcohol motifs (C(OH)–C–C–N with tert-alkyl or cyclic N) is 1. The fourth-order valence-corrected chi connectivity index (χ4v) is 3.90. The van der Waals surface area contributed by atoms with E-state index in [-0.39, 0.29) is 12.7 Å². The van der Waals surface area contributed by atoms with Crippen LogP contribution >= 0.6 is 0 Å². The van der Waals surface area contributed by atoms with E-state index in [0.717, 1.165) is 49.6 Å². The lowest BCUT2D eigenvalue weighted by molar-refractivity contribution is -0.0236. The van der Waals surface area contributed by atoms with Crippen molar-refractivity contribution in [1.29, 1.82) is 0 Å². The number of nitrogens with zero attached hydrogens (tertiary/aromatic N) is 2. The van der Waals surface area contributed by atoms with Crippen LogP contribution in [0, 0.1) is 25.7 Å². The summed E-state index contributed by atoms with van der Waals surface area (Å²) >= 11 is 0. The van der Waals surface area contributed by atoms with Gasteiger partial charge in [0.25, 0.3) is 0 Å². The molecule has 0 aromatic carbocycles. The van der Waals surface area contributed by atoms with Gasteiger partial charge in [0.05, 0.1) is 18.4 Å². The van der Waals surface area contributed by atoms with Gasteiger partial charge in [0, 0.05) is 25.3 Å². The molecule has 0 amide bonds. The first-order chi connectivity index (χ1) is 10.6. The number of aromatic nitrogens is 1. The van der Waals surface area contributed by atoms with Crippen molar-refractivity contribution >= 4 is 0 Å². The average Bonchev–Trinajstić information content (AvgIpc) is 2.84. The largest absolute Gasteiger partial charge is 0.486 e. The highest BCUT2D eigenvalue weighted by Gasteiger charge is 2.42. The van der Waals surface area contributed by atoms with E-state index < -0.39 is 6.10 Å². The molecular formula is C17H26N2O3. The molecule has 4 atom stereocenters. The van der Waals surface area contributed by atoms with E-state index in [0.29, 0.717) is 11.8 Å². The lowest BCUT2D eigenvalue weighted by Gasteiger charge is -2.35. The third kappa shape index (κ3) is 3.26. The van der Waals surface area contributed by atoms with Crippen LogP contribution in [0.5, 0.6) is 5.75 Å². The van der Waals surface area contributed by atoms with Gasteiger partial charge in [-0.3, -0.25) is 4.98 Å². The van der Waals surface area contributed by atoms with E-state index >= 15 is 0 Å². The Kier molecular flexibility index (Phi) is 4.66. The number of hydrogen-bond donors (Lipinski definition) is 2. The molecule has 1 saturated carbocycles. The first-order valence-electron chi connectivity index (χ1n) is 8.19. The number of rotatable bonds is 4. The van der Waals surface area contributed by atoms with Gasteiger partial charge in [-0.15, -0.1) is 0 Å². The van der Waals surface area contributed by atoms with Gasteiger partial charge in [-0.05, 0) is 50.7 Å². The number of ether oxygens (including phenoxy) is 1. The summed E-state index contributed by atoms with van der Waals surface area (Å²) in [6.45, 7) is 6.83. The molecule has 1 aromatic heterocycles. The van der Waals surface area contributed by atoms with Crippen LogP contribution in [-0.2, 0) is 0 Å². The van der Waals surface area contributed by atoms with Gasteiger partial charge in [-0.25, -0.2) is 0 Å². The fourth-order valence-electron chi connectivity index (χ4n) is 3.90. The standard InChI is InChI=1S/C17H26N2O3/c1-11-3-4-16(12(2)18-11)22-17-8-14-10-19(5-6-20)9-13(14)7-15(17)21/h3-4,13-15,17,20-21H,5-10H2,1-2H3/t13-,14+,15+,17+/m0/s1. The van der Waals surface area contributed by atoms with Crippen LogP contribution in [0.4, 0.5) is 0 Å². The zero-order valence-electron chi connectivity index (χ0n) is 13.4. The van der Waals surface area contributed by atoms with Crippen LogP contribution < -0.4 is 4.74 Å². The second kappa shape index (κ2) is 6.52. The third-order valence-electron chi connectivity index (χ3n) is 5.03. The van der Waals surface area contributed by atoms with Gasteiger partial charge in [0.15, 0.2) is 0 Å². The minimum absolute atomic E-state index is 0.154. The fraction of sp³-hybridized carbons (Fsp3) is 0.706. The molecular weight excluding hydrogens is 280 g/mol. The maximum Gasteiger partial charge on any atom is 0.141 e. The van der Waals surface area contributed by atoms with Crippen LogP contribution in [0.2, 0.25) is 0 Å². The molecule has 2 fully saturated rings. The Morgan fingerprint density at radius 1 is 1.23 bits per heavy atom. The lowest BCUT2D eigenvalue weighted by atomic mass is 9.78. The highest BCUT2D eigenvalue weighted by molar-refractivity contribution is 5.28. The number of aryl methyl sites for hydroxylation is 2. The summed E-state index contributed by atoms with van der Waals surface area (Å²) in [7, 11) is 0. The minimum atomic E-state index is -0.420. The highest BCUT2D eigenvalue weighted by atomic mass is 16.5. The number of pyridine rings is 1. The summed E-state index contributed by atoms with van der Waals surface area (Å²) in [5, 5.41) is 19.5. The molecule has 0 unspecified atom stereocenters. The number of aliphatic hydroxyl groups is 2. The van der Waals surface area contributed by atoms with Crippen LogP contribution in [0.25, 0.3) is 0 Å². The van der Waals surface area contributed by atoms with Gasteiger partial charge in [-0.2, -0.15) is 0 Å². The molecule has 122 valence electrons. The maximum atomic E-state index is 10.4. The molecule has 1 aromatic rings. The smallest absolute Gasteiger partial charge is 0.141 e. The molecule has 0 spiro atoms. The van der Waals surface area contributed by atoms with Crippen LogP contribution in [0.15, 0.2) is 12.1 Å². The zero-order chi connectivity index (χ0) is 15.7. The highest BCUT2D eigenvalue weighted by Crippen LogP contribution is 2.38. The van der Waals surface area contributed by atoms with Crippen molar-refractivity contribution in [3.63, 3.8) is 0 Å². The molecule has 2 N–H and O–H groups in total. The molecule has 2 heterocycles. The van der Waals surface area contributed by atoms with Crippen molar-refractivity contribution in [1.82, 2.24) is 9.88 Å². The lowest BCUT2D eigenvalue weighted by Crippen LogP contribution is -2.42. The van der Waals surface area contributed by atoms with Crippen molar-refractivity contribution in [2.75, 3.05) is 26.2 Å². The average molecular weight is 306 g/mol. The predicted octanol–water partition coefficient (Wildman–Crippen LogP) is 1.14. The van der Waals surface area contributed by atoms with Gasteiger partial charge in [0.2, 0.25) is 0 Å². The van der Waals surface area contributed by atoms with Crippen LogP contribution in [0.1, 0.15) is 24.2 Å². The Bertz CT molecular complexity index is 523. The van der Waals surface area contributed by atoms with Crippen LogP contribution in [0.3, 0.4) is 0 Å². The Balaban J connectivity index is 1.65. The number of hydrogen-bond acceptors (Lipinski definition) is 5. The molecule has 5 nitrogen and oxygen atoms in total. The SMILES string of the molecule is Cc1ccc(O[C@@H]2C[C@@H]3CN(CCO)C[C@@H]3C[C@H]2O)c(C)n1. The van der Waals surface area contributed by atoms with Crippen molar-refractivity contribution < 1.29 is 14.9 Å². The topological polar surface area (TPSA) is 65.8 Å². The van der Waals surface area contributed by atoms with Crippen molar-refractivity contribution in [2.45, 2.75) is 38.9 Å². The van der Waals surface area contributed by atoms with Gasteiger partial charge < -0.3 is 19.8 Å². The van der Waals surface area contributed by atoms with E-state index in [4.69, 9.17) is 9.84 Å². The molecule has 2 aliphatic rings. The molecule has 0 bridgehead atoms. The first kappa shape index (κ1) is 15.7. The Morgan fingerprint density at radius 3 is 2.64 bits per heavy atom. The van der Waals surface area contributed by atoms with E-state index in [1.165, 1.54) is 0 Å². The maximum absolute atomic E-state index is 10.4. The molecule has 0 radical (unpaired) electrons. The summed E-state index contributed by atoms with van der Waals surface area (Å²) < 4.78 is 6.08. The molecule has 1 aliphatic heterocycles. The van der Waals surface area contributed by atoms with Crippen molar-refractivity contribution in [2.24, 2.45) is 11.8 Å². The summed E-state index contributed by atoms with van der Waals surface area (Å²) in [4.78, 5) is 6.72. The van der Waals surface area contributed by atoms with Gasteiger partial charge >= 0.3 is 0 Å². The normalized spacial score (nSPS) is 32.0. The number of likely N-dealkylation sites (tertiary alicyclic amines) is 1. The second-order valence-corrected chi connectivity index (χ2v) is 6.73. The summed E-state index contributed by atoms with van der Waals surface area (Å²) in [6, 6.07) is 3.89.